The van der Waals surface area contributed by atoms with Crippen LogP contribution in [0.4, 0.5) is 0 Å². The lowest BCUT2D eigenvalue weighted by Crippen LogP contribution is -2.32. The smallest absolute Gasteiger partial charge is 0.423 e. The summed E-state index contributed by atoms with van der Waals surface area (Å²) in [6, 6.07) is 18.5. The van der Waals surface area contributed by atoms with Gasteiger partial charge in [0.25, 0.3) is 0 Å². The summed E-state index contributed by atoms with van der Waals surface area (Å²) < 4.78 is 0. The molecule has 2 N–H and O–H groups in total. The van der Waals surface area contributed by atoms with Crippen LogP contribution in [0, 0.1) is 13.8 Å². The molecule has 3 aromatic rings. The molecule has 0 radical (unpaired) electrons. The molecule has 0 aliphatic rings. The zero-order valence-corrected chi connectivity index (χ0v) is 12.2. The molecule has 0 aliphatic carbocycles. The highest BCUT2D eigenvalue weighted by Crippen LogP contribution is 2.31. The fourth-order valence-electron chi connectivity index (χ4n) is 2.87. The zero-order valence-electron chi connectivity index (χ0n) is 12.2. The Balaban J connectivity index is 2.26. The van der Waals surface area contributed by atoms with Crippen LogP contribution in [-0.2, 0) is 0 Å². The molecule has 104 valence electrons. The van der Waals surface area contributed by atoms with Gasteiger partial charge < -0.3 is 10.0 Å². The third-order valence-electron chi connectivity index (χ3n) is 3.97. The number of hydrogen-bond acceptors (Lipinski definition) is 2. The van der Waals surface area contributed by atoms with E-state index in [4.69, 9.17) is 0 Å². The van der Waals surface area contributed by atoms with Crippen molar-refractivity contribution in [3.8, 4) is 11.1 Å². The Morgan fingerprint density at radius 3 is 2.24 bits per heavy atom. The van der Waals surface area contributed by atoms with Crippen LogP contribution in [0.3, 0.4) is 0 Å². The number of fused-ring (bicyclic) bond motifs is 1. The fourth-order valence-corrected chi connectivity index (χ4v) is 2.87. The van der Waals surface area contributed by atoms with E-state index in [1.54, 1.807) is 0 Å². The Morgan fingerprint density at radius 2 is 1.48 bits per heavy atom. The summed E-state index contributed by atoms with van der Waals surface area (Å²) in [5.41, 5.74) is 4.80. The standard InChI is InChI=1S/C18H17BO2/c1-12-11-18(19(20)21)13(2)10-17(12)16-9-5-7-14-6-3-4-8-15(14)16/h3-11,20-21H,1-2H3. The second-order valence-corrected chi connectivity index (χ2v) is 5.42. The maximum absolute atomic E-state index is 9.42. The molecule has 3 aromatic carbocycles. The van der Waals surface area contributed by atoms with Gasteiger partial charge in [0.15, 0.2) is 0 Å². The van der Waals surface area contributed by atoms with Crippen molar-refractivity contribution in [2.24, 2.45) is 0 Å². The lowest BCUT2D eigenvalue weighted by atomic mass is 9.75. The molecule has 0 amide bonds. The molecule has 3 rings (SSSR count). The third kappa shape index (κ3) is 2.46. The van der Waals surface area contributed by atoms with Crippen LogP contribution in [0.25, 0.3) is 21.9 Å². The van der Waals surface area contributed by atoms with Crippen LogP contribution in [0.2, 0.25) is 0 Å². The SMILES string of the molecule is Cc1cc(-c2cccc3ccccc23)c(C)cc1B(O)O. The minimum Gasteiger partial charge on any atom is -0.423 e. The molecule has 2 nitrogen and oxygen atoms in total. The average molecular weight is 276 g/mol. The Hall–Kier alpha value is -2.10. The number of benzene rings is 3. The first kappa shape index (κ1) is 13.9. The van der Waals surface area contributed by atoms with Gasteiger partial charge in [0.1, 0.15) is 0 Å². The van der Waals surface area contributed by atoms with Crippen LogP contribution >= 0.6 is 0 Å². The van der Waals surface area contributed by atoms with E-state index in [2.05, 4.69) is 30.3 Å². The highest BCUT2D eigenvalue weighted by Gasteiger charge is 2.16. The van der Waals surface area contributed by atoms with Gasteiger partial charge in [-0.05, 0) is 46.8 Å². The molecule has 0 fully saturated rings. The lowest BCUT2D eigenvalue weighted by Gasteiger charge is -2.14. The molecule has 0 heterocycles. The van der Waals surface area contributed by atoms with Gasteiger partial charge in [0.05, 0.1) is 0 Å². The summed E-state index contributed by atoms with van der Waals surface area (Å²) in [7, 11) is -1.43. The molecule has 0 spiro atoms. The second-order valence-electron chi connectivity index (χ2n) is 5.42. The molecule has 0 saturated heterocycles. The van der Waals surface area contributed by atoms with Crippen molar-refractivity contribution in [1.29, 1.82) is 0 Å². The quantitative estimate of drug-likeness (QED) is 0.706. The molecule has 0 aromatic heterocycles. The van der Waals surface area contributed by atoms with Gasteiger partial charge in [0.2, 0.25) is 0 Å². The van der Waals surface area contributed by atoms with Crippen LogP contribution in [-0.4, -0.2) is 17.2 Å². The Bertz CT molecular complexity index is 804. The molecule has 0 unspecified atom stereocenters. The molecular weight excluding hydrogens is 259 g/mol. The number of hydrogen-bond donors (Lipinski definition) is 2. The highest BCUT2D eigenvalue weighted by atomic mass is 16.4. The normalized spacial score (nSPS) is 10.9. The van der Waals surface area contributed by atoms with Crippen LogP contribution < -0.4 is 5.46 Å². The van der Waals surface area contributed by atoms with Crippen LogP contribution in [0.1, 0.15) is 11.1 Å². The summed E-state index contributed by atoms with van der Waals surface area (Å²) in [5.74, 6) is 0. The van der Waals surface area contributed by atoms with Crippen molar-refractivity contribution in [1.82, 2.24) is 0 Å². The van der Waals surface area contributed by atoms with Gasteiger partial charge in [-0.15, -0.1) is 0 Å². The van der Waals surface area contributed by atoms with E-state index in [1.165, 1.54) is 16.3 Å². The molecule has 0 bridgehead atoms. The van der Waals surface area contributed by atoms with Gasteiger partial charge in [-0.2, -0.15) is 0 Å². The molecule has 0 saturated carbocycles. The second kappa shape index (κ2) is 5.36. The van der Waals surface area contributed by atoms with E-state index < -0.39 is 7.12 Å². The summed E-state index contributed by atoms with van der Waals surface area (Å²) in [4.78, 5) is 0. The van der Waals surface area contributed by atoms with Gasteiger partial charge in [-0.1, -0.05) is 60.2 Å². The van der Waals surface area contributed by atoms with Crippen LogP contribution in [0.5, 0.6) is 0 Å². The average Bonchev–Trinajstić information content (AvgIpc) is 2.48. The van der Waals surface area contributed by atoms with E-state index in [1.807, 2.05) is 38.1 Å². The fraction of sp³-hybridized carbons (Fsp3) is 0.111. The maximum Gasteiger partial charge on any atom is 0.488 e. The van der Waals surface area contributed by atoms with Crippen molar-refractivity contribution in [2.75, 3.05) is 0 Å². The zero-order chi connectivity index (χ0) is 15.0. The summed E-state index contributed by atoms with van der Waals surface area (Å²) in [6.45, 7) is 3.91. The molecule has 21 heavy (non-hydrogen) atoms. The van der Waals surface area contributed by atoms with E-state index in [0.717, 1.165) is 16.7 Å². The first-order chi connectivity index (χ1) is 10.1. The summed E-state index contributed by atoms with van der Waals surface area (Å²) in [6.07, 6.45) is 0. The van der Waals surface area contributed by atoms with Crippen molar-refractivity contribution >= 4 is 23.4 Å². The van der Waals surface area contributed by atoms with E-state index in [9.17, 15) is 10.0 Å². The minimum atomic E-state index is -1.43. The first-order valence-electron chi connectivity index (χ1n) is 7.03. The lowest BCUT2D eigenvalue weighted by molar-refractivity contribution is 0.425. The number of rotatable bonds is 2. The predicted octanol–water partition coefficient (Wildman–Crippen LogP) is 2.80. The van der Waals surface area contributed by atoms with Crippen molar-refractivity contribution < 1.29 is 10.0 Å². The first-order valence-corrected chi connectivity index (χ1v) is 7.03. The molecular formula is C18H17BO2. The Labute approximate surface area is 124 Å². The monoisotopic (exact) mass is 276 g/mol. The molecule has 3 heteroatoms. The number of aryl methyl sites for hydroxylation is 2. The predicted molar refractivity (Wildman–Crippen MR) is 88.7 cm³/mol. The van der Waals surface area contributed by atoms with Crippen molar-refractivity contribution in [3.63, 3.8) is 0 Å². The third-order valence-corrected chi connectivity index (χ3v) is 3.97. The van der Waals surface area contributed by atoms with Crippen LogP contribution in [0.15, 0.2) is 54.6 Å². The Morgan fingerprint density at radius 1 is 0.762 bits per heavy atom. The van der Waals surface area contributed by atoms with Gasteiger partial charge in [-0.25, -0.2) is 0 Å². The van der Waals surface area contributed by atoms with Crippen molar-refractivity contribution in [2.45, 2.75) is 13.8 Å². The van der Waals surface area contributed by atoms with Gasteiger partial charge >= 0.3 is 7.12 Å². The van der Waals surface area contributed by atoms with E-state index >= 15 is 0 Å². The maximum atomic E-state index is 9.42. The summed E-state index contributed by atoms with van der Waals surface area (Å²) in [5, 5.41) is 21.3. The highest BCUT2D eigenvalue weighted by molar-refractivity contribution is 6.59. The van der Waals surface area contributed by atoms with Gasteiger partial charge in [0, 0.05) is 0 Å². The molecule has 0 aliphatic heterocycles. The Kier molecular flexibility index (Phi) is 3.54. The molecule has 0 atom stereocenters. The van der Waals surface area contributed by atoms with Gasteiger partial charge in [-0.3, -0.25) is 0 Å². The summed E-state index contributed by atoms with van der Waals surface area (Å²) >= 11 is 0. The largest absolute Gasteiger partial charge is 0.488 e. The minimum absolute atomic E-state index is 0.566. The topological polar surface area (TPSA) is 40.5 Å². The van der Waals surface area contributed by atoms with Crippen molar-refractivity contribution in [3.05, 3.63) is 65.7 Å². The van der Waals surface area contributed by atoms with E-state index in [-0.39, 0.29) is 0 Å². The van der Waals surface area contributed by atoms with E-state index in [0.29, 0.717) is 5.46 Å².